The first-order chi connectivity index (χ1) is 11.6. The van der Waals surface area contributed by atoms with Crippen LogP contribution in [0.2, 0.25) is 0 Å². The Morgan fingerprint density at radius 2 is 1.92 bits per heavy atom. The molecule has 0 radical (unpaired) electrons. The minimum absolute atomic E-state index is 0.122. The van der Waals surface area contributed by atoms with Gasteiger partial charge in [0, 0.05) is 50.9 Å². The number of nitro benzene ring substituents is 1. The fourth-order valence-corrected chi connectivity index (χ4v) is 3.45. The zero-order valence-electron chi connectivity index (χ0n) is 13.6. The summed E-state index contributed by atoms with van der Waals surface area (Å²) in [4.78, 5) is 19.6. The molecule has 3 rings (SSSR count). The second-order valence-corrected chi connectivity index (χ2v) is 6.26. The Morgan fingerprint density at radius 3 is 2.58 bits per heavy atom. The van der Waals surface area contributed by atoms with E-state index < -0.39 is 0 Å². The molecule has 8 nitrogen and oxygen atoms in total. The molecule has 1 unspecified atom stereocenters. The monoisotopic (exact) mass is 349 g/mol. The third kappa shape index (κ3) is 3.31. The van der Waals surface area contributed by atoms with Crippen molar-refractivity contribution < 1.29 is 9.66 Å². The third-order valence-corrected chi connectivity index (χ3v) is 4.91. The average Bonchev–Trinajstić information content (AvgIpc) is 3.11. The van der Waals surface area contributed by atoms with Crippen molar-refractivity contribution in [1.82, 2.24) is 9.36 Å². The molecule has 1 aromatic carbocycles. The van der Waals surface area contributed by atoms with Crippen molar-refractivity contribution in [2.24, 2.45) is 0 Å². The van der Waals surface area contributed by atoms with Crippen molar-refractivity contribution in [3.63, 3.8) is 0 Å². The second-order valence-electron chi connectivity index (χ2n) is 5.53. The number of methoxy groups -OCH3 is 1. The Morgan fingerprint density at radius 1 is 1.25 bits per heavy atom. The Bertz CT molecular complexity index is 715. The van der Waals surface area contributed by atoms with Crippen molar-refractivity contribution >= 4 is 28.0 Å². The van der Waals surface area contributed by atoms with E-state index in [9.17, 15) is 10.1 Å². The topological polar surface area (TPSA) is 84.6 Å². The first-order valence-electron chi connectivity index (χ1n) is 7.70. The molecule has 24 heavy (non-hydrogen) atoms. The van der Waals surface area contributed by atoms with Crippen LogP contribution in [0.4, 0.5) is 16.5 Å². The Labute approximate surface area is 144 Å². The summed E-state index contributed by atoms with van der Waals surface area (Å²) in [7, 11) is 1.64. The number of anilines is 2. The van der Waals surface area contributed by atoms with Gasteiger partial charge < -0.3 is 14.5 Å². The lowest BCUT2D eigenvalue weighted by Gasteiger charge is -2.35. The first-order valence-corrected chi connectivity index (χ1v) is 8.47. The number of ether oxygens (including phenoxy) is 1. The Balaban J connectivity index is 1.68. The van der Waals surface area contributed by atoms with Crippen LogP contribution in [0.15, 0.2) is 24.3 Å². The number of nitro groups is 1. The molecule has 2 aromatic rings. The van der Waals surface area contributed by atoms with Crippen LogP contribution in [-0.4, -0.2) is 47.6 Å². The number of hydrogen-bond acceptors (Lipinski definition) is 8. The van der Waals surface area contributed by atoms with Gasteiger partial charge in [0.15, 0.2) is 5.82 Å². The van der Waals surface area contributed by atoms with Gasteiger partial charge in [0.05, 0.1) is 4.92 Å². The van der Waals surface area contributed by atoms with E-state index in [-0.39, 0.29) is 16.7 Å². The highest BCUT2D eigenvalue weighted by Gasteiger charge is 2.25. The molecule has 1 atom stereocenters. The van der Waals surface area contributed by atoms with E-state index in [0.29, 0.717) is 24.6 Å². The highest BCUT2D eigenvalue weighted by Crippen LogP contribution is 2.29. The number of nitrogens with zero attached hydrogens (tertiary/aromatic N) is 5. The second kappa shape index (κ2) is 7.10. The van der Waals surface area contributed by atoms with Gasteiger partial charge in [-0.15, -0.1) is 0 Å². The fraction of sp³-hybridized carbons (Fsp3) is 0.467. The quantitative estimate of drug-likeness (QED) is 0.605. The van der Waals surface area contributed by atoms with E-state index in [2.05, 4.69) is 14.3 Å². The van der Waals surface area contributed by atoms with Crippen LogP contribution in [0, 0.1) is 10.1 Å². The van der Waals surface area contributed by atoms with Crippen LogP contribution in [0.1, 0.15) is 18.9 Å². The Kier molecular flexibility index (Phi) is 4.91. The lowest BCUT2D eigenvalue weighted by atomic mass is 10.2. The van der Waals surface area contributed by atoms with Crippen molar-refractivity contribution in [3.8, 4) is 0 Å². The number of piperazine rings is 1. The molecule has 1 fully saturated rings. The van der Waals surface area contributed by atoms with E-state index in [1.54, 1.807) is 25.3 Å². The molecule has 0 bridgehead atoms. The molecule has 0 spiro atoms. The molecule has 0 amide bonds. The summed E-state index contributed by atoms with van der Waals surface area (Å²) in [5.41, 5.74) is 0.825. The number of hydrogen-bond donors (Lipinski definition) is 0. The maximum absolute atomic E-state index is 11.2. The highest BCUT2D eigenvalue weighted by molar-refractivity contribution is 7.09. The van der Waals surface area contributed by atoms with Gasteiger partial charge in [0.1, 0.15) is 11.8 Å². The standard InChI is InChI=1S/C15H19N5O3S/c1-11(23-2)14-16-15(24-17-14)19-9-7-18(8-10-19)12-5-3-4-6-13(12)20(21)22/h3-6,11H,7-10H2,1-2H3. The highest BCUT2D eigenvalue weighted by atomic mass is 32.1. The summed E-state index contributed by atoms with van der Waals surface area (Å²) in [5, 5.41) is 12.1. The van der Waals surface area contributed by atoms with Crippen molar-refractivity contribution in [1.29, 1.82) is 0 Å². The third-order valence-electron chi connectivity index (χ3n) is 4.12. The van der Waals surface area contributed by atoms with E-state index in [1.165, 1.54) is 11.5 Å². The minimum Gasteiger partial charge on any atom is -0.374 e. The van der Waals surface area contributed by atoms with Gasteiger partial charge in [0.25, 0.3) is 5.69 Å². The normalized spacial score (nSPS) is 16.2. The smallest absolute Gasteiger partial charge is 0.292 e. The molecule has 9 heteroatoms. The maximum atomic E-state index is 11.2. The van der Waals surface area contributed by atoms with Crippen LogP contribution in [-0.2, 0) is 4.74 Å². The first kappa shape index (κ1) is 16.6. The van der Waals surface area contributed by atoms with Crippen LogP contribution >= 0.6 is 11.5 Å². The van der Waals surface area contributed by atoms with Crippen LogP contribution in [0.5, 0.6) is 0 Å². The van der Waals surface area contributed by atoms with Crippen LogP contribution in [0.25, 0.3) is 0 Å². The van der Waals surface area contributed by atoms with Gasteiger partial charge in [-0.3, -0.25) is 10.1 Å². The molecular weight excluding hydrogens is 330 g/mol. The maximum Gasteiger partial charge on any atom is 0.292 e. The predicted molar refractivity (Wildman–Crippen MR) is 92.9 cm³/mol. The molecule has 2 heterocycles. The van der Waals surface area contributed by atoms with Crippen molar-refractivity contribution in [2.75, 3.05) is 43.1 Å². The molecule has 0 saturated carbocycles. The van der Waals surface area contributed by atoms with Crippen molar-refractivity contribution in [3.05, 3.63) is 40.2 Å². The number of aromatic nitrogens is 2. The number of para-hydroxylation sites is 2. The van der Waals surface area contributed by atoms with E-state index >= 15 is 0 Å². The molecule has 1 aliphatic heterocycles. The molecular formula is C15H19N5O3S. The lowest BCUT2D eigenvalue weighted by molar-refractivity contribution is -0.384. The van der Waals surface area contributed by atoms with Gasteiger partial charge in [0.2, 0.25) is 5.13 Å². The molecule has 0 N–H and O–H groups in total. The molecule has 128 valence electrons. The largest absolute Gasteiger partial charge is 0.374 e. The minimum atomic E-state index is -0.329. The van der Waals surface area contributed by atoms with Crippen LogP contribution < -0.4 is 9.80 Å². The van der Waals surface area contributed by atoms with Gasteiger partial charge in [-0.2, -0.15) is 4.37 Å². The molecule has 1 saturated heterocycles. The van der Waals surface area contributed by atoms with Gasteiger partial charge in [-0.05, 0) is 13.0 Å². The Hall–Kier alpha value is -2.26. The summed E-state index contributed by atoms with van der Waals surface area (Å²) in [6.07, 6.45) is -0.122. The van der Waals surface area contributed by atoms with Crippen LogP contribution in [0.3, 0.4) is 0 Å². The van der Waals surface area contributed by atoms with Gasteiger partial charge in [-0.1, -0.05) is 12.1 Å². The van der Waals surface area contributed by atoms with Crippen molar-refractivity contribution in [2.45, 2.75) is 13.0 Å². The predicted octanol–water partition coefficient (Wildman–Crippen LogP) is 2.48. The SMILES string of the molecule is COC(C)c1nsc(N2CCN(c3ccccc3[N+](=O)[O-])CC2)n1. The zero-order chi connectivity index (χ0) is 17.1. The summed E-state index contributed by atoms with van der Waals surface area (Å²) in [6.45, 7) is 4.83. The number of rotatable bonds is 5. The summed E-state index contributed by atoms with van der Waals surface area (Å²) < 4.78 is 9.58. The lowest BCUT2D eigenvalue weighted by Crippen LogP contribution is -2.46. The van der Waals surface area contributed by atoms with E-state index in [4.69, 9.17) is 4.74 Å². The van der Waals surface area contributed by atoms with Gasteiger partial charge >= 0.3 is 0 Å². The summed E-state index contributed by atoms with van der Waals surface area (Å²) in [6, 6.07) is 6.87. The molecule has 1 aromatic heterocycles. The number of benzene rings is 1. The molecule has 1 aliphatic rings. The van der Waals surface area contributed by atoms with E-state index in [1.807, 2.05) is 17.9 Å². The zero-order valence-corrected chi connectivity index (χ0v) is 14.4. The molecule has 0 aliphatic carbocycles. The average molecular weight is 349 g/mol. The summed E-state index contributed by atoms with van der Waals surface area (Å²) >= 11 is 1.36. The fourth-order valence-electron chi connectivity index (χ4n) is 2.65. The summed E-state index contributed by atoms with van der Waals surface area (Å²) in [5.74, 6) is 0.693. The van der Waals surface area contributed by atoms with E-state index in [0.717, 1.165) is 18.2 Å². The van der Waals surface area contributed by atoms with Gasteiger partial charge in [-0.25, -0.2) is 4.98 Å².